The van der Waals surface area contributed by atoms with Crippen LogP contribution in [-0.2, 0) is 14.3 Å². The number of rotatable bonds is 3. The van der Waals surface area contributed by atoms with E-state index < -0.39 is 23.7 Å². The molecule has 0 bridgehead atoms. The summed E-state index contributed by atoms with van der Waals surface area (Å²) in [5.41, 5.74) is -0.584. The third kappa shape index (κ3) is 3.98. The van der Waals surface area contributed by atoms with Gasteiger partial charge in [0.15, 0.2) is 0 Å². The first kappa shape index (κ1) is 15.5. The Kier molecular flexibility index (Phi) is 4.97. The minimum Gasteiger partial charge on any atom is -0.467 e. The molecule has 0 N–H and O–H groups in total. The Morgan fingerprint density at radius 3 is 2.47 bits per heavy atom. The molecule has 0 spiro atoms. The molecule has 0 aromatic carbocycles. The van der Waals surface area contributed by atoms with Crippen molar-refractivity contribution in [2.24, 2.45) is 0 Å². The highest BCUT2D eigenvalue weighted by Gasteiger charge is 2.42. The molecular formula is C14H23NO4. The number of esters is 1. The topological polar surface area (TPSA) is 55.8 Å². The molecule has 1 amide bonds. The van der Waals surface area contributed by atoms with Gasteiger partial charge in [-0.15, -0.1) is 6.58 Å². The number of likely N-dealkylation sites (tertiary alicyclic amines) is 1. The molecule has 1 heterocycles. The predicted molar refractivity (Wildman–Crippen MR) is 71.7 cm³/mol. The van der Waals surface area contributed by atoms with Crippen LogP contribution in [-0.4, -0.2) is 41.8 Å². The number of methoxy groups -OCH3 is 1. The molecular weight excluding hydrogens is 246 g/mol. The van der Waals surface area contributed by atoms with E-state index in [4.69, 9.17) is 9.47 Å². The maximum absolute atomic E-state index is 12.2. The summed E-state index contributed by atoms with van der Waals surface area (Å²) in [6.07, 6.45) is 3.29. The highest BCUT2D eigenvalue weighted by molar-refractivity contribution is 5.82. The molecule has 5 heteroatoms. The third-order valence-electron chi connectivity index (χ3n) is 3.02. The highest BCUT2D eigenvalue weighted by atomic mass is 16.6. The van der Waals surface area contributed by atoms with Crippen LogP contribution in [0.1, 0.15) is 40.0 Å². The zero-order valence-corrected chi connectivity index (χ0v) is 12.1. The number of carbonyl (C=O) groups excluding carboxylic acids is 2. The molecule has 0 saturated carbocycles. The minimum absolute atomic E-state index is 0.0450. The molecule has 1 unspecified atom stereocenters. The maximum Gasteiger partial charge on any atom is 0.411 e. The summed E-state index contributed by atoms with van der Waals surface area (Å²) in [6.45, 7) is 9.09. The third-order valence-corrected chi connectivity index (χ3v) is 3.02. The van der Waals surface area contributed by atoms with Gasteiger partial charge in [0.25, 0.3) is 0 Å². The second-order valence-corrected chi connectivity index (χ2v) is 5.68. The summed E-state index contributed by atoms with van der Waals surface area (Å²) < 4.78 is 10.1. The zero-order valence-electron chi connectivity index (χ0n) is 12.1. The number of ether oxygens (including phenoxy) is 2. The molecule has 1 rings (SSSR count). The van der Waals surface area contributed by atoms with Crippen molar-refractivity contribution in [2.75, 3.05) is 7.11 Å². The van der Waals surface area contributed by atoms with Crippen LogP contribution in [0.5, 0.6) is 0 Å². The van der Waals surface area contributed by atoms with E-state index in [1.807, 2.05) is 0 Å². The van der Waals surface area contributed by atoms with Crippen LogP contribution in [0.25, 0.3) is 0 Å². The van der Waals surface area contributed by atoms with E-state index in [0.29, 0.717) is 12.8 Å². The van der Waals surface area contributed by atoms with Gasteiger partial charge in [-0.3, -0.25) is 4.90 Å². The second-order valence-electron chi connectivity index (χ2n) is 5.68. The molecule has 1 aliphatic rings. The van der Waals surface area contributed by atoms with E-state index in [0.717, 1.165) is 6.42 Å². The van der Waals surface area contributed by atoms with Crippen LogP contribution in [0.15, 0.2) is 12.7 Å². The quantitative estimate of drug-likeness (QED) is 0.583. The number of nitrogens with zero attached hydrogens (tertiary/aromatic N) is 1. The van der Waals surface area contributed by atoms with Gasteiger partial charge in [-0.25, -0.2) is 9.59 Å². The van der Waals surface area contributed by atoms with Crippen molar-refractivity contribution >= 4 is 12.1 Å². The van der Waals surface area contributed by atoms with Crippen LogP contribution < -0.4 is 0 Å². The van der Waals surface area contributed by atoms with E-state index in [-0.39, 0.29) is 6.04 Å². The van der Waals surface area contributed by atoms with E-state index >= 15 is 0 Å². The van der Waals surface area contributed by atoms with Crippen LogP contribution >= 0.6 is 0 Å². The first-order valence-corrected chi connectivity index (χ1v) is 6.50. The Morgan fingerprint density at radius 1 is 1.37 bits per heavy atom. The molecule has 0 radical (unpaired) electrons. The van der Waals surface area contributed by atoms with Crippen molar-refractivity contribution in [2.45, 2.75) is 57.7 Å². The Morgan fingerprint density at radius 2 is 2.00 bits per heavy atom. The van der Waals surface area contributed by atoms with Crippen molar-refractivity contribution in [3.05, 3.63) is 12.7 Å². The fourth-order valence-corrected chi connectivity index (χ4v) is 2.27. The molecule has 1 aliphatic heterocycles. The summed E-state index contributed by atoms with van der Waals surface area (Å²) in [6, 6.07) is -0.596. The summed E-state index contributed by atoms with van der Waals surface area (Å²) in [5.74, 6) is -0.391. The van der Waals surface area contributed by atoms with Gasteiger partial charge in [0, 0.05) is 6.04 Å². The molecule has 0 aromatic rings. The summed E-state index contributed by atoms with van der Waals surface area (Å²) in [4.78, 5) is 25.5. The van der Waals surface area contributed by atoms with Gasteiger partial charge in [-0.05, 0) is 40.0 Å². The molecule has 2 atom stereocenters. The molecule has 5 nitrogen and oxygen atoms in total. The second kappa shape index (κ2) is 6.08. The van der Waals surface area contributed by atoms with E-state index in [1.165, 1.54) is 12.0 Å². The van der Waals surface area contributed by atoms with Gasteiger partial charge in [0.1, 0.15) is 11.6 Å². The lowest BCUT2D eigenvalue weighted by Crippen LogP contribution is -2.47. The number of carbonyl (C=O) groups is 2. The summed E-state index contributed by atoms with van der Waals surface area (Å²) in [7, 11) is 1.33. The van der Waals surface area contributed by atoms with Crippen molar-refractivity contribution < 1.29 is 19.1 Å². The van der Waals surface area contributed by atoms with Gasteiger partial charge < -0.3 is 9.47 Å². The van der Waals surface area contributed by atoms with Gasteiger partial charge in [-0.1, -0.05) is 6.08 Å². The minimum atomic E-state index is -0.584. The smallest absolute Gasteiger partial charge is 0.411 e. The Labute approximate surface area is 114 Å². The largest absolute Gasteiger partial charge is 0.467 e. The number of amides is 1. The first-order valence-electron chi connectivity index (χ1n) is 6.50. The summed E-state index contributed by atoms with van der Waals surface area (Å²) >= 11 is 0. The molecule has 1 fully saturated rings. The fourth-order valence-electron chi connectivity index (χ4n) is 2.27. The van der Waals surface area contributed by atoms with E-state index in [1.54, 1.807) is 26.8 Å². The van der Waals surface area contributed by atoms with Crippen LogP contribution in [0.3, 0.4) is 0 Å². The van der Waals surface area contributed by atoms with Crippen LogP contribution in [0.4, 0.5) is 4.79 Å². The maximum atomic E-state index is 12.2. The lowest BCUT2D eigenvalue weighted by Gasteiger charge is -2.31. The standard InChI is InChI=1S/C14H23NO4/c1-6-7-10-8-9-11(12(16)18-5)15(10)13(17)19-14(2,3)4/h6,10-11H,1,7-9H2,2-5H3/t10?,11-/m0/s1. The normalized spacial score (nSPS) is 23.1. The van der Waals surface area contributed by atoms with E-state index in [9.17, 15) is 9.59 Å². The predicted octanol–water partition coefficient (Wildman–Crippen LogP) is 2.50. The molecule has 0 aromatic heterocycles. The lowest BCUT2D eigenvalue weighted by atomic mass is 10.1. The van der Waals surface area contributed by atoms with Gasteiger partial charge in [0.05, 0.1) is 7.11 Å². The molecule has 1 saturated heterocycles. The van der Waals surface area contributed by atoms with Crippen LogP contribution in [0, 0.1) is 0 Å². The fraction of sp³-hybridized carbons (Fsp3) is 0.714. The van der Waals surface area contributed by atoms with Crippen molar-refractivity contribution in [3.8, 4) is 0 Å². The highest BCUT2D eigenvalue weighted by Crippen LogP contribution is 2.29. The van der Waals surface area contributed by atoms with Crippen molar-refractivity contribution in [3.63, 3.8) is 0 Å². The van der Waals surface area contributed by atoms with Crippen LogP contribution in [0.2, 0.25) is 0 Å². The average molecular weight is 269 g/mol. The lowest BCUT2D eigenvalue weighted by molar-refractivity contribution is -0.146. The number of hydrogen-bond acceptors (Lipinski definition) is 4. The average Bonchev–Trinajstić information content (AvgIpc) is 2.70. The molecule has 0 aliphatic carbocycles. The first-order chi connectivity index (χ1) is 8.80. The Balaban J connectivity index is 2.88. The SMILES string of the molecule is C=CCC1CC[C@@H](C(=O)OC)N1C(=O)OC(C)(C)C. The van der Waals surface area contributed by atoms with Gasteiger partial charge in [-0.2, -0.15) is 0 Å². The van der Waals surface area contributed by atoms with Gasteiger partial charge >= 0.3 is 12.1 Å². The monoisotopic (exact) mass is 269 g/mol. The number of hydrogen-bond donors (Lipinski definition) is 0. The molecule has 108 valence electrons. The van der Waals surface area contributed by atoms with E-state index in [2.05, 4.69) is 6.58 Å². The van der Waals surface area contributed by atoms with Gasteiger partial charge in [0.2, 0.25) is 0 Å². The van der Waals surface area contributed by atoms with Crippen molar-refractivity contribution in [1.29, 1.82) is 0 Å². The Hall–Kier alpha value is -1.52. The van der Waals surface area contributed by atoms with Crippen molar-refractivity contribution in [1.82, 2.24) is 4.90 Å². The zero-order chi connectivity index (χ0) is 14.6. The Bertz CT molecular complexity index is 359. The summed E-state index contributed by atoms with van der Waals surface area (Å²) in [5, 5.41) is 0. The molecule has 19 heavy (non-hydrogen) atoms.